The van der Waals surface area contributed by atoms with E-state index in [0.29, 0.717) is 30.1 Å². The van der Waals surface area contributed by atoms with E-state index in [1.165, 1.54) is 48.7 Å². The largest absolute Gasteiger partial charge is 0.508 e. The summed E-state index contributed by atoms with van der Waals surface area (Å²) in [6.45, 7) is 1.10. The molecule has 0 radical (unpaired) electrons. The quantitative estimate of drug-likeness (QED) is 0.291. The molecule has 6 nitrogen and oxygen atoms in total. The Morgan fingerprint density at radius 1 is 0.953 bits per heavy atom. The number of aliphatic hydroxyl groups is 1. The lowest BCUT2D eigenvalue weighted by Crippen LogP contribution is -2.53. The molecule has 2 atom stereocenters. The normalized spacial score (nSPS) is 23.2. The minimum atomic E-state index is -0.987. The monoisotopic (exact) mass is 578 g/mol. The van der Waals surface area contributed by atoms with E-state index < -0.39 is 5.54 Å². The molecule has 7 rings (SSSR count). The van der Waals surface area contributed by atoms with Gasteiger partial charge >= 0.3 is 5.97 Å². The fourth-order valence-corrected chi connectivity index (χ4v) is 8.23. The molecule has 6 heteroatoms. The van der Waals surface area contributed by atoms with Gasteiger partial charge in [-0.3, -0.25) is 4.79 Å². The maximum atomic E-state index is 13.9. The van der Waals surface area contributed by atoms with Gasteiger partial charge in [0.05, 0.1) is 0 Å². The smallest absolute Gasteiger partial charge is 0.332 e. The molecule has 0 saturated heterocycles. The highest BCUT2D eigenvalue weighted by atomic mass is 16.5. The molecular weight excluding hydrogens is 536 g/mol. The molecule has 3 aliphatic carbocycles. The number of aliphatic hydroxyl groups excluding tert-OH is 1. The van der Waals surface area contributed by atoms with Crippen LogP contribution in [0.4, 0.5) is 0 Å². The number of aromatic nitrogens is 1. The van der Waals surface area contributed by atoms with Crippen molar-refractivity contribution in [2.45, 2.75) is 101 Å². The third-order valence-electron chi connectivity index (χ3n) is 10.4. The number of carbonyl (C=O) groups is 2. The summed E-state index contributed by atoms with van der Waals surface area (Å²) in [6, 6.07) is 15.8. The first kappa shape index (κ1) is 28.0. The molecule has 1 aliphatic heterocycles. The highest BCUT2D eigenvalue weighted by molar-refractivity contribution is 6.01. The molecule has 2 heterocycles. The number of aryl methyl sites for hydroxylation is 1. The van der Waals surface area contributed by atoms with Crippen LogP contribution in [-0.4, -0.2) is 27.1 Å². The summed E-state index contributed by atoms with van der Waals surface area (Å²) in [5.41, 5.74) is 4.47. The van der Waals surface area contributed by atoms with E-state index in [0.717, 1.165) is 43.3 Å². The summed E-state index contributed by atoms with van der Waals surface area (Å²) >= 11 is 0. The van der Waals surface area contributed by atoms with Crippen molar-refractivity contribution in [1.82, 2.24) is 9.88 Å². The number of hydrogen-bond donors (Lipinski definition) is 2. The van der Waals surface area contributed by atoms with Crippen LogP contribution in [0.2, 0.25) is 0 Å². The van der Waals surface area contributed by atoms with E-state index in [2.05, 4.69) is 28.1 Å². The lowest BCUT2D eigenvalue weighted by atomic mass is 9.77. The molecule has 224 valence electrons. The van der Waals surface area contributed by atoms with E-state index in [1.807, 2.05) is 48.6 Å². The number of amides is 1. The van der Waals surface area contributed by atoms with Crippen LogP contribution in [0.3, 0.4) is 0 Å². The first-order chi connectivity index (χ1) is 21.0. The van der Waals surface area contributed by atoms with Gasteiger partial charge in [0, 0.05) is 34.6 Å². The number of nitrogens with zero attached hydrogens (tertiary/aromatic N) is 1. The van der Waals surface area contributed by atoms with Gasteiger partial charge in [0.1, 0.15) is 17.9 Å². The van der Waals surface area contributed by atoms with E-state index in [-0.39, 0.29) is 30.3 Å². The van der Waals surface area contributed by atoms with Crippen molar-refractivity contribution >= 4 is 22.8 Å². The Kier molecular flexibility index (Phi) is 7.62. The van der Waals surface area contributed by atoms with Crippen LogP contribution < -0.4 is 5.32 Å². The standard InChI is InChI=1S/C37H42N2O4/c40-29-16-18-30-27(22-29)14-9-21-39-32-23-28(15-17-31(32)33(34(30)39)26-12-5-2-6-13-26)35(41)38-37(19-7-8-20-37)36(42)43-24-25-10-3-1-4-11-25/h1,3-4,10-11,15-18,22-23,26-27,30,40H,2,5-9,12-14,19-21,24H2,(H,38,41). The summed E-state index contributed by atoms with van der Waals surface area (Å²) < 4.78 is 8.23. The van der Waals surface area contributed by atoms with Crippen molar-refractivity contribution in [2.75, 3.05) is 0 Å². The van der Waals surface area contributed by atoms with Gasteiger partial charge in [-0.1, -0.05) is 74.6 Å². The molecule has 2 saturated carbocycles. The number of esters is 1. The molecule has 1 aromatic heterocycles. The van der Waals surface area contributed by atoms with Gasteiger partial charge in [0.25, 0.3) is 5.91 Å². The third-order valence-corrected chi connectivity index (χ3v) is 10.4. The topological polar surface area (TPSA) is 80.6 Å². The van der Waals surface area contributed by atoms with Gasteiger partial charge in [-0.05, 0) is 85.8 Å². The fraction of sp³-hybridized carbons (Fsp3) is 0.459. The summed E-state index contributed by atoms with van der Waals surface area (Å²) in [7, 11) is 0. The molecule has 4 aliphatic rings. The number of ether oxygens (including phenoxy) is 1. The molecule has 2 aromatic carbocycles. The Balaban J connectivity index is 1.22. The Morgan fingerprint density at radius 3 is 2.53 bits per heavy atom. The average molecular weight is 579 g/mol. The Morgan fingerprint density at radius 2 is 1.74 bits per heavy atom. The molecule has 0 spiro atoms. The minimum absolute atomic E-state index is 0.201. The van der Waals surface area contributed by atoms with Gasteiger partial charge in [-0.25, -0.2) is 4.79 Å². The number of nitrogens with one attached hydrogen (secondary N) is 1. The van der Waals surface area contributed by atoms with E-state index in [9.17, 15) is 14.7 Å². The molecule has 2 fully saturated rings. The summed E-state index contributed by atoms with van der Waals surface area (Å²) in [5.74, 6) is 0.830. The minimum Gasteiger partial charge on any atom is -0.508 e. The second-order valence-electron chi connectivity index (χ2n) is 13.1. The highest BCUT2D eigenvalue weighted by Crippen LogP contribution is 2.48. The number of benzene rings is 2. The maximum absolute atomic E-state index is 13.9. The van der Waals surface area contributed by atoms with Gasteiger partial charge in [-0.2, -0.15) is 0 Å². The second-order valence-corrected chi connectivity index (χ2v) is 13.1. The highest BCUT2D eigenvalue weighted by Gasteiger charge is 2.44. The molecular formula is C37H42N2O4. The second kappa shape index (κ2) is 11.7. The van der Waals surface area contributed by atoms with Crippen LogP contribution in [0.1, 0.15) is 110 Å². The average Bonchev–Trinajstić information content (AvgIpc) is 3.59. The predicted octanol–water partition coefficient (Wildman–Crippen LogP) is 7.98. The van der Waals surface area contributed by atoms with Crippen molar-refractivity contribution in [3.05, 3.63) is 94.9 Å². The van der Waals surface area contributed by atoms with Gasteiger partial charge in [0.15, 0.2) is 0 Å². The predicted molar refractivity (Wildman–Crippen MR) is 168 cm³/mol. The number of fused-ring (bicyclic) bond motifs is 5. The van der Waals surface area contributed by atoms with E-state index in [1.54, 1.807) is 0 Å². The van der Waals surface area contributed by atoms with E-state index >= 15 is 0 Å². The zero-order valence-corrected chi connectivity index (χ0v) is 24.9. The number of rotatable bonds is 6. The Labute approximate surface area is 253 Å². The third kappa shape index (κ3) is 5.30. The number of allylic oxidation sites excluding steroid dienone is 3. The zero-order chi connectivity index (χ0) is 29.4. The molecule has 1 amide bonds. The molecule has 0 bridgehead atoms. The van der Waals surface area contributed by atoms with Gasteiger partial charge < -0.3 is 19.7 Å². The van der Waals surface area contributed by atoms with Crippen LogP contribution in [0.25, 0.3) is 10.9 Å². The van der Waals surface area contributed by atoms with E-state index in [4.69, 9.17) is 4.74 Å². The lowest BCUT2D eigenvalue weighted by Gasteiger charge is -2.28. The van der Waals surface area contributed by atoms with Crippen LogP contribution >= 0.6 is 0 Å². The van der Waals surface area contributed by atoms with Crippen molar-refractivity contribution in [2.24, 2.45) is 5.92 Å². The van der Waals surface area contributed by atoms with Crippen LogP contribution in [-0.2, 0) is 22.7 Å². The Hall–Kier alpha value is -3.80. The molecule has 3 aromatic rings. The molecule has 2 unspecified atom stereocenters. The number of hydrogen-bond acceptors (Lipinski definition) is 4. The lowest BCUT2D eigenvalue weighted by molar-refractivity contribution is -0.152. The summed E-state index contributed by atoms with van der Waals surface area (Å²) in [5, 5.41) is 14.7. The molecule has 2 N–H and O–H groups in total. The van der Waals surface area contributed by atoms with Gasteiger partial charge in [-0.15, -0.1) is 0 Å². The van der Waals surface area contributed by atoms with Crippen molar-refractivity contribution in [3.8, 4) is 0 Å². The van der Waals surface area contributed by atoms with Crippen LogP contribution in [0.15, 0.2) is 72.5 Å². The van der Waals surface area contributed by atoms with Crippen LogP contribution in [0.5, 0.6) is 0 Å². The van der Waals surface area contributed by atoms with Crippen molar-refractivity contribution < 1.29 is 19.4 Å². The SMILES string of the molecule is O=C(NC1(C(=O)OCc2ccccc2)CCCC1)c1ccc2c(C3CCCCC3)c3n(c2c1)CCCC1C=C(O)C=CC31. The van der Waals surface area contributed by atoms with Crippen LogP contribution in [0, 0.1) is 5.92 Å². The summed E-state index contributed by atoms with van der Waals surface area (Å²) in [6.07, 6.45) is 17.3. The zero-order valence-electron chi connectivity index (χ0n) is 24.9. The first-order valence-corrected chi connectivity index (χ1v) is 16.3. The summed E-state index contributed by atoms with van der Waals surface area (Å²) in [4.78, 5) is 27.3. The molecule has 43 heavy (non-hydrogen) atoms. The number of carbonyl (C=O) groups excluding carboxylic acids is 2. The van der Waals surface area contributed by atoms with Gasteiger partial charge in [0.2, 0.25) is 0 Å². The first-order valence-electron chi connectivity index (χ1n) is 16.3. The Bertz CT molecular complexity index is 1570. The fourth-order valence-electron chi connectivity index (χ4n) is 8.23. The van der Waals surface area contributed by atoms with Crippen molar-refractivity contribution in [3.63, 3.8) is 0 Å². The van der Waals surface area contributed by atoms with Crippen molar-refractivity contribution in [1.29, 1.82) is 0 Å². The maximum Gasteiger partial charge on any atom is 0.332 e.